The number of rotatable bonds is 2. The molecule has 1 atom stereocenters. The van der Waals surface area contributed by atoms with Crippen molar-refractivity contribution in [3.63, 3.8) is 0 Å². The summed E-state index contributed by atoms with van der Waals surface area (Å²) >= 11 is 0. The maximum atomic E-state index is 12.5. The highest BCUT2D eigenvalue weighted by Crippen LogP contribution is 2.35. The van der Waals surface area contributed by atoms with Gasteiger partial charge in [-0.3, -0.25) is 0 Å². The number of nitrogens with zero attached hydrogens (tertiary/aromatic N) is 3. The van der Waals surface area contributed by atoms with Gasteiger partial charge < -0.3 is 19.9 Å². The van der Waals surface area contributed by atoms with E-state index in [1.54, 1.807) is 0 Å². The van der Waals surface area contributed by atoms with Gasteiger partial charge >= 0.3 is 6.03 Å². The molecule has 2 saturated heterocycles. The first-order chi connectivity index (χ1) is 12.7. The number of likely N-dealkylation sites (tertiary alicyclic amines) is 1. The van der Waals surface area contributed by atoms with Gasteiger partial charge in [0.05, 0.1) is 24.8 Å². The third-order valence-corrected chi connectivity index (χ3v) is 5.63. The monoisotopic (exact) mass is 354 g/mol. The third kappa shape index (κ3) is 3.78. The van der Waals surface area contributed by atoms with E-state index >= 15 is 0 Å². The van der Waals surface area contributed by atoms with Crippen LogP contribution in [0.25, 0.3) is 0 Å². The summed E-state index contributed by atoms with van der Waals surface area (Å²) in [5.74, 6) is 0. The second-order valence-electron chi connectivity index (χ2n) is 7.89. The molecule has 0 radical (unpaired) electrons. The van der Waals surface area contributed by atoms with Gasteiger partial charge in [-0.05, 0) is 43.9 Å². The fourth-order valence-electron chi connectivity index (χ4n) is 4.11. The van der Waals surface area contributed by atoms with E-state index < -0.39 is 0 Å². The van der Waals surface area contributed by atoms with Crippen molar-refractivity contribution in [1.29, 1.82) is 5.26 Å². The van der Waals surface area contributed by atoms with Crippen LogP contribution in [0.2, 0.25) is 0 Å². The summed E-state index contributed by atoms with van der Waals surface area (Å²) in [6, 6.07) is 10.4. The SMILES string of the molecule is N#Cc1cccc(N2CCOC[C@@]3(CCCN(C(=O)NC4CC4)C3)C2)c1. The first-order valence-electron chi connectivity index (χ1n) is 9.56. The second kappa shape index (κ2) is 7.16. The molecule has 1 spiro atoms. The molecule has 0 bridgehead atoms. The van der Waals surface area contributed by atoms with Gasteiger partial charge in [-0.1, -0.05) is 6.07 Å². The molecule has 138 valence electrons. The Morgan fingerprint density at radius 2 is 2.19 bits per heavy atom. The number of urea groups is 1. The number of carbonyl (C=O) groups is 1. The summed E-state index contributed by atoms with van der Waals surface area (Å²) in [6.07, 6.45) is 4.29. The van der Waals surface area contributed by atoms with Crippen molar-refractivity contribution in [2.45, 2.75) is 31.7 Å². The van der Waals surface area contributed by atoms with Crippen LogP contribution in [-0.4, -0.2) is 56.4 Å². The third-order valence-electron chi connectivity index (χ3n) is 5.63. The van der Waals surface area contributed by atoms with Crippen LogP contribution in [-0.2, 0) is 4.74 Å². The maximum Gasteiger partial charge on any atom is 0.317 e. The van der Waals surface area contributed by atoms with Gasteiger partial charge in [0.15, 0.2) is 0 Å². The predicted octanol–water partition coefficient (Wildman–Crippen LogP) is 2.35. The van der Waals surface area contributed by atoms with Crippen molar-refractivity contribution in [2.75, 3.05) is 44.3 Å². The molecule has 1 N–H and O–H groups in total. The number of amides is 2. The molecule has 1 aliphatic carbocycles. The summed E-state index contributed by atoms with van der Waals surface area (Å²) in [4.78, 5) is 16.8. The molecule has 0 unspecified atom stereocenters. The number of nitriles is 1. The van der Waals surface area contributed by atoms with Crippen LogP contribution in [0.3, 0.4) is 0 Å². The van der Waals surface area contributed by atoms with E-state index in [2.05, 4.69) is 22.4 Å². The predicted molar refractivity (Wildman–Crippen MR) is 99.0 cm³/mol. The van der Waals surface area contributed by atoms with Crippen molar-refractivity contribution < 1.29 is 9.53 Å². The Morgan fingerprint density at radius 1 is 1.31 bits per heavy atom. The second-order valence-corrected chi connectivity index (χ2v) is 7.89. The number of anilines is 1. The lowest BCUT2D eigenvalue weighted by molar-refractivity contribution is 0.0244. The zero-order chi connectivity index (χ0) is 18.0. The summed E-state index contributed by atoms with van der Waals surface area (Å²) in [5.41, 5.74) is 1.70. The Balaban J connectivity index is 1.50. The highest BCUT2D eigenvalue weighted by atomic mass is 16.5. The Labute approximate surface area is 154 Å². The molecule has 26 heavy (non-hydrogen) atoms. The fraction of sp³-hybridized carbons (Fsp3) is 0.600. The Bertz CT molecular complexity index is 712. The van der Waals surface area contributed by atoms with Crippen LogP contribution in [0.15, 0.2) is 24.3 Å². The molecule has 1 saturated carbocycles. The van der Waals surface area contributed by atoms with Gasteiger partial charge in [-0.2, -0.15) is 5.26 Å². The molecule has 6 nitrogen and oxygen atoms in total. The maximum absolute atomic E-state index is 12.5. The number of hydrogen-bond acceptors (Lipinski definition) is 4. The number of carbonyl (C=O) groups excluding carboxylic acids is 1. The zero-order valence-electron chi connectivity index (χ0n) is 15.1. The van der Waals surface area contributed by atoms with Crippen molar-refractivity contribution in [1.82, 2.24) is 10.2 Å². The highest BCUT2D eigenvalue weighted by Gasteiger charge is 2.41. The van der Waals surface area contributed by atoms with Crippen LogP contribution in [0.1, 0.15) is 31.2 Å². The van der Waals surface area contributed by atoms with E-state index in [4.69, 9.17) is 4.74 Å². The summed E-state index contributed by atoms with van der Waals surface area (Å²) in [6.45, 7) is 4.59. The molecule has 1 aromatic carbocycles. The van der Waals surface area contributed by atoms with Crippen LogP contribution < -0.4 is 10.2 Å². The van der Waals surface area contributed by atoms with Gasteiger partial charge in [-0.25, -0.2) is 4.79 Å². The minimum Gasteiger partial charge on any atom is -0.379 e. The zero-order valence-corrected chi connectivity index (χ0v) is 15.1. The lowest BCUT2D eigenvalue weighted by atomic mass is 9.80. The smallest absolute Gasteiger partial charge is 0.317 e. The normalized spacial score (nSPS) is 26.3. The quantitative estimate of drug-likeness (QED) is 0.885. The van der Waals surface area contributed by atoms with Crippen LogP contribution in [0, 0.1) is 16.7 Å². The van der Waals surface area contributed by atoms with E-state index in [-0.39, 0.29) is 11.4 Å². The molecule has 6 heteroatoms. The fourth-order valence-corrected chi connectivity index (χ4v) is 4.11. The van der Waals surface area contributed by atoms with Gasteiger partial charge in [0.1, 0.15) is 0 Å². The standard InChI is InChI=1S/C20H26N4O2/c21-12-16-3-1-4-18(11-16)23-9-10-26-15-20(13-23)7-2-8-24(14-20)19(25)22-17-5-6-17/h1,3-4,11,17H,2,5-10,13-15H2,(H,22,25)/t20-/m0/s1. The topological polar surface area (TPSA) is 68.6 Å². The highest BCUT2D eigenvalue weighted by molar-refractivity contribution is 5.75. The van der Waals surface area contributed by atoms with Gasteiger partial charge in [0.25, 0.3) is 0 Å². The molecule has 2 heterocycles. The van der Waals surface area contributed by atoms with Crippen molar-refractivity contribution >= 4 is 11.7 Å². The average molecular weight is 354 g/mol. The molecule has 1 aromatic rings. The van der Waals surface area contributed by atoms with Crippen LogP contribution >= 0.6 is 0 Å². The lowest BCUT2D eigenvalue weighted by Crippen LogP contribution is -2.54. The van der Waals surface area contributed by atoms with Crippen molar-refractivity contribution in [3.8, 4) is 6.07 Å². The molecular weight excluding hydrogens is 328 g/mol. The van der Waals surface area contributed by atoms with Crippen LogP contribution in [0.5, 0.6) is 0 Å². The lowest BCUT2D eigenvalue weighted by Gasteiger charge is -2.44. The molecule has 3 fully saturated rings. The number of hydrogen-bond donors (Lipinski definition) is 1. The Kier molecular flexibility index (Phi) is 4.73. The van der Waals surface area contributed by atoms with E-state index in [9.17, 15) is 10.1 Å². The van der Waals surface area contributed by atoms with E-state index in [0.29, 0.717) is 24.8 Å². The molecule has 2 amide bonds. The largest absolute Gasteiger partial charge is 0.379 e. The van der Waals surface area contributed by atoms with E-state index in [1.165, 1.54) is 0 Å². The first kappa shape index (κ1) is 17.2. The summed E-state index contributed by atoms with van der Waals surface area (Å²) in [5, 5.41) is 12.3. The number of piperidine rings is 1. The van der Waals surface area contributed by atoms with Crippen molar-refractivity contribution in [3.05, 3.63) is 29.8 Å². The molecule has 2 aliphatic heterocycles. The molecule has 4 rings (SSSR count). The molecule has 3 aliphatic rings. The average Bonchev–Trinajstić information content (AvgIpc) is 3.50. The Morgan fingerprint density at radius 3 is 3.00 bits per heavy atom. The van der Waals surface area contributed by atoms with Gasteiger partial charge in [0.2, 0.25) is 0 Å². The van der Waals surface area contributed by atoms with E-state index in [1.807, 2.05) is 23.1 Å². The minimum atomic E-state index is -0.0434. The summed E-state index contributed by atoms with van der Waals surface area (Å²) in [7, 11) is 0. The summed E-state index contributed by atoms with van der Waals surface area (Å²) < 4.78 is 5.95. The van der Waals surface area contributed by atoms with Gasteiger partial charge in [-0.15, -0.1) is 0 Å². The number of nitrogens with one attached hydrogen (secondary N) is 1. The Hall–Kier alpha value is -2.26. The minimum absolute atomic E-state index is 0.0434. The molecular formula is C20H26N4O2. The number of benzene rings is 1. The van der Waals surface area contributed by atoms with Crippen LogP contribution in [0.4, 0.5) is 10.5 Å². The molecule has 0 aromatic heterocycles. The van der Waals surface area contributed by atoms with E-state index in [0.717, 1.165) is 57.5 Å². The van der Waals surface area contributed by atoms with Crippen molar-refractivity contribution in [2.24, 2.45) is 5.41 Å². The first-order valence-corrected chi connectivity index (χ1v) is 9.56. The number of ether oxygens (including phenoxy) is 1. The van der Waals surface area contributed by atoms with Gasteiger partial charge in [0, 0.05) is 43.3 Å².